The van der Waals surface area contributed by atoms with Gasteiger partial charge in [0, 0.05) is 6.42 Å². The molecule has 0 aromatic heterocycles. The Balaban J connectivity index is 1.94. The number of rotatable bonds is 8. The molecular formula is C16H14Cl2N2O7S. The van der Waals surface area contributed by atoms with E-state index in [9.17, 15) is 18.3 Å². The number of carboxylic acid groups (broad SMARTS) is 1. The van der Waals surface area contributed by atoms with E-state index in [2.05, 4.69) is 10.2 Å². The van der Waals surface area contributed by atoms with Gasteiger partial charge in [-0.15, -0.1) is 0 Å². The van der Waals surface area contributed by atoms with Gasteiger partial charge < -0.3 is 14.9 Å². The van der Waals surface area contributed by atoms with Crippen molar-refractivity contribution >= 4 is 45.0 Å². The SMILES string of the molecule is O=C(O)c1cc(S(=O)(=O)O)ccc1OCCC/N=N/c1cc(Cl)c(O)c(Cl)c1. The Morgan fingerprint density at radius 2 is 1.79 bits per heavy atom. The summed E-state index contributed by atoms with van der Waals surface area (Å²) in [5, 5.41) is 26.5. The molecule has 0 aliphatic rings. The minimum atomic E-state index is -4.52. The molecule has 12 heteroatoms. The van der Waals surface area contributed by atoms with E-state index in [1.807, 2.05) is 0 Å². The van der Waals surface area contributed by atoms with Gasteiger partial charge in [-0.25, -0.2) is 4.79 Å². The molecule has 0 fully saturated rings. The van der Waals surface area contributed by atoms with Crippen molar-refractivity contribution < 1.29 is 32.7 Å². The van der Waals surface area contributed by atoms with Crippen molar-refractivity contribution in [2.24, 2.45) is 10.2 Å². The maximum absolute atomic E-state index is 11.2. The Labute approximate surface area is 169 Å². The second kappa shape index (κ2) is 9.20. The molecule has 2 rings (SSSR count). The number of hydrogen-bond acceptors (Lipinski definition) is 7. The van der Waals surface area contributed by atoms with Crippen LogP contribution in [0.3, 0.4) is 0 Å². The summed E-state index contributed by atoms with van der Waals surface area (Å²) in [6.45, 7) is 0.323. The monoisotopic (exact) mass is 448 g/mol. The molecule has 0 saturated heterocycles. The lowest BCUT2D eigenvalue weighted by Gasteiger charge is -2.09. The zero-order chi connectivity index (χ0) is 20.9. The quantitative estimate of drug-likeness (QED) is 0.311. The van der Waals surface area contributed by atoms with Crippen LogP contribution in [0.5, 0.6) is 11.5 Å². The summed E-state index contributed by atoms with van der Waals surface area (Å²) in [6.07, 6.45) is 0.377. The van der Waals surface area contributed by atoms with Crippen molar-refractivity contribution in [3.8, 4) is 11.5 Å². The van der Waals surface area contributed by atoms with Crippen LogP contribution in [0.15, 0.2) is 45.5 Å². The summed E-state index contributed by atoms with van der Waals surface area (Å²) in [6, 6.07) is 5.77. The van der Waals surface area contributed by atoms with E-state index in [4.69, 9.17) is 37.6 Å². The largest absolute Gasteiger partial charge is 0.505 e. The molecule has 3 N–H and O–H groups in total. The van der Waals surface area contributed by atoms with Crippen molar-refractivity contribution in [3.63, 3.8) is 0 Å². The van der Waals surface area contributed by atoms with Crippen LogP contribution in [0.4, 0.5) is 5.69 Å². The van der Waals surface area contributed by atoms with Gasteiger partial charge in [-0.2, -0.15) is 18.6 Å². The second-order valence-electron chi connectivity index (χ2n) is 5.36. The van der Waals surface area contributed by atoms with Gasteiger partial charge in [0.1, 0.15) is 11.3 Å². The van der Waals surface area contributed by atoms with E-state index in [0.29, 0.717) is 12.1 Å². The molecule has 0 saturated carbocycles. The molecule has 0 aliphatic carbocycles. The number of benzene rings is 2. The van der Waals surface area contributed by atoms with Gasteiger partial charge in [0.25, 0.3) is 10.1 Å². The Kier molecular flexibility index (Phi) is 7.19. The fourth-order valence-electron chi connectivity index (χ4n) is 2.02. The molecule has 0 amide bonds. The van der Waals surface area contributed by atoms with E-state index in [1.54, 1.807) is 0 Å². The molecule has 0 heterocycles. The minimum Gasteiger partial charge on any atom is -0.505 e. The summed E-state index contributed by atoms with van der Waals surface area (Å²) < 4.78 is 36.5. The van der Waals surface area contributed by atoms with E-state index < -0.39 is 26.5 Å². The maximum atomic E-state index is 11.2. The van der Waals surface area contributed by atoms with Crippen LogP contribution in [0.2, 0.25) is 10.0 Å². The highest BCUT2D eigenvalue weighted by Crippen LogP contribution is 2.35. The third-order valence-corrected chi connectivity index (χ3v) is 4.75. The van der Waals surface area contributed by atoms with Crippen molar-refractivity contribution in [1.82, 2.24) is 0 Å². The van der Waals surface area contributed by atoms with Crippen LogP contribution in [0.1, 0.15) is 16.8 Å². The van der Waals surface area contributed by atoms with Crippen molar-refractivity contribution in [1.29, 1.82) is 0 Å². The maximum Gasteiger partial charge on any atom is 0.339 e. The first-order valence-electron chi connectivity index (χ1n) is 7.62. The summed E-state index contributed by atoms with van der Waals surface area (Å²) in [7, 11) is -4.52. The number of phenolic OH excluding ortho intramolecular Hbond substituents is 1. The predicted molar refractivity (Wildman–Crippen MR) is 101 cm³/mol. The van der Waals surface area contributed by atoms with E-state index in [-0.39, 0.29) is 34.7 Å². The highest BCUT2D eigenvalue weighted by atomic mass is 35.5. The zero-order valence-electron chi connectivity index (χ0n) is 14.0. The van der Waals surface area contributed by atoms with E-state index in [0.717, 1.165) is 18.2 Å². The first kappa shape index (κ1) is 21.9. The number of nitrogens with zero attached hydrogens (tertiary/aromatic N) is 2. The summed E-state index contributed by atoms with van der Waals surface area (Å²) in [5.74, 6) is -1.69. The molecule has 2 aromatic carbocycles. The fraction of sp³-hybridized carbons (Fsp3) is 0.188. The predicted octanol–water partition coefficient (Wildman–Crippen LogP) is 4.20. The lowest BCUT2D eigenvalue weighted by molar-refractivity contribution is 0.0692. The van der Waals surface area contributed by atoms with Crippen molar-refractivity contribution in [3.05, 3.63) is 45.9 Å². The highest BCUT2D eigenvalue weighted by molar-refractivity contribution is 7.85. The molecule has 0 bridgehead atoms. The Bertz CT molecular complexity index is 1000. The third kappa shape index (κ3) is 5.80. The van der Waals surface area contributed by atoms with Gasteiger partial charge in [-0.1, -0.05) is 23.2 Å². The molecule has 0 unspecified atom stereocenters. The molecule has 28 heavy (non-hydrogen) atoms. The topological polar surface area (TPSA) is 146 Å². The van der Waals surface area contributed by atoms with Gasteiger partial charge in [-0.3, -0.25) is 4.55 Å². The smallest absolute Gasteiger partial charge is 0.339 e. The van der Waals surface area contributed by atoms with Crippen molar-refractivity contribution in [2.75, 3.05) is 13.2 Å². The molecule has 0 radical (unpaired) electrons. The number of aromatic carboxylic acids is 1. The van der Waals surface area contributed by atoms with Gasteiger partial charge in [0.05, 0.1) is 33.8 Å². The Morgan fingerprint density at radius 3 is 2.36 bits per heavy atom. The molecule has 0 spiro atoms. The zero-order valence-corrected chi connectivity index (χ0v) is 16.4. The molecular weight excluding hydrogens is 435 g/mol. The first-order valence-corrected chi connectivity index (χ1v) is 9.82. The number of hydrogen-bond donors (Lipinski definition) is 3. The summed E-state index contributed by atoms with van der Waals surface area (Å²) >= 11 is 11.5. The summed E-state index contributed by atoms with van der Waals surface area (Å²) in [5.41, 5.74) is -0.0483. The van der Waals surface area contributed by atoms with Gasteiger partial charge in [-0.05, 0) is 30.3 Å². The van der Waals surface area contributed by atoms with Crippen LogP contribution in [0.25, 0.3) is 0 Å². The second-order valence-corrected chi connectivity index (χ2v) is 7.60. The fourth-order valence-corrected chi connectivity index (χ4v) is 3.00. The molecule has 0 atom stereocenters. The highest BCUT2D eigenvalue weighted by Gasteiger charge is 2.17. The van der Waals surface area contributed by atoms with Gasteiger partial charge in [0.15, 0.2) is 5.75 Å². The number of halogens is 2. The molecule has 0 aliphatic heterocycles. The normalized spacial score (nSPS) is 11.7. The Hall–Kier alpha value is -2.40. The van der Waals surface area contributed by atoms with Crippen LogP contribution in [-0.4, -0.2) is 42.3 Å². The standard InChI is InChI=1S/C16H14Cl2N2O7S/c17-12-6-9(7-13(18)15(12)21)20-19-4-1-5-27-14-3-2-10(28(24,25)26)8-11(14)16(22)23/h2-3,6-8,21H,1,4-5H2,(H,22,23)(H,24,25,26)/b20-19+. The van der Waals surface area contributed by atoms with Crippen LogP contribution in [-0.2, 0) is 10.1 Å². The number of carbonyl (C=O) groups is 1. The van der Waals surface area contributed by atoms with Gasteiger partial charge in [0.2, 0.25) is 0 Å². The average Bonchev–Trinajstić information content (AvgIpc) is 2.61. The third-order valence-electron chi connectivity index (χ3n) is 3.33. The number of azo groups is 1. The van der Waals surface area contributed by atoms with Crippen LogP contribution >= 0.6 is 23.2 Å². The first-order chi connectivity index (χ1) is 13.1. The number of carboxylic acids is 1. The number of aromatic hydroxyl groups is 1. The van der Waals surface area contributed by atoms with Crippen LogP contribution in [0, 0.1) is 0 Å². The molecule has 2 aromatic rings. The van der Waals surface area contributed by atoms with Crippen molar-refractivity contribution in [2.45, 2.75) is 11.3 Å². The summed E-state index contributed by atoms with van der Waals surface area (Å²) in [4.78, 5) is 10.7. The molecule has 150 valence electrons. The number of ether oxygens (including phenoxy) is 1. The van der Waals surface area contributed by atoms with E-state index in [1.165, 1.54) is 12.1 Å². The molecule has 9 nitrogen and oxygen atoms in total. The van der Waals surface area contributed by atoms with Gasteiger partial charge >= 0.3 is 5.97 Å². The lowest BCUT2D eigenvalue weighted by atomic mass is 10.2. The minimum absolute atomic E-state index is 0.0410. The van der Waals surface area contributed by atoms with Crippen LogP contribution < -0.4 is 4.74 Å². The lowest BCUT2D eigenvalue weighted by Crippen LogP contribution is -2.07. The number of phenols is 1. The average molecular weight is 449 g/mol. The Morgan fingerprint density at radius 1 is 1.14 bits per heavy atom. The van der Waals surface area contributed by atoms with E-state index >= 15 is 0 Å².